The molecule has 0 spiro atoms. The van der Waals surface area contributed by atoms with Crippen molar-refractivity contribution in [3.63, 3.8) is 0 Å². The minimum atomic E-state index is -0.251. The Morgan fingerprint density at radius 2 is 2.21 bits per heavy atom. The Balaban J connectivity index is 1.92. The van der Waals surface area contributed by atoms with Crippen molar-refractivity contribution in [1.29, 1.82) is 0 Å². The molecule has 2 N–H and O–H groups in total. The summed E-state index contributed by atoms with van der Waals surface area (Å²) in [5, 5.41) is 12.2. The first-order chi connectivity index (χ1) is 9.08. The molecule has 4 nitrogen and oxygen atoms in total. The van der Waals surface area contributed by atoms with Crippen LogP contribution in [-0.2, 0) is 6.54 Å². The number of aliphatic hydroxyl groups is 1. The van der Waals surface area contributed by atoms with E-state index >= 15 is 0 Å². The molecule has 1 aliphatic rings. The van der Waals surface area contributed by atoms with Crippen molar-refractivity contribution >= 4 is 11.7 Å². The lowest BCUT2D eigenvalue weighted by atomic mass is 10.1. The molecular weight excluding hydrogens is 240 g/mol. The van der Waals surface area contributed by atoms with Crippen molar-refractivity contribution in [1.82, 2.24) is 4.90 Å². The number of aliphatic hydroxyl groups excluding tert-OH is 1. The van der Waals surface area contributed by atoms with Crippen LogP contribution in [0.25, 0.3) is 0 Å². The van der Waals surface area contributed by atoms with Crippen LogP contribution in [0.15, 0.2) is 18.2 Å². The third-order valence-electron chi connectivity index (χ3n) is 3.54. The fourth-order valence-corrected chi connectivity index (χ4v) is 2.43. The molecule has 1 aromatic rings. The monoisotopic (exact) mass is 262 g/mol. The van der Waals surface area contributed by atoms with E-state index in [1.807, 2.05) is 24.0 Å². The van der Waals surface area contributed by atoms with E-state index in [1.165, 1.54) is 5.56 Å². The number of rotatable bonds is 5. The van der Waals surface area contributed by atoms with Gasteiger partial charge in [0.15, 0.2) is 0 Å². The molecule has 1 atom stereocenters. The number of para-hydroxylation sites is 1. The van der Waals surface area contributed by atoms with Gasteiger partial charge in [0.05, 0.1) is 11.8 Å². The zero-order valence-electron chi connectivity index (χ0n) is 11.6. The lowest BCUT2D eigenvalue weighted by Crippen LogP contribution is -2.39. The van der Waals surface area contributed by atoms with Crippen molar-refractivity contribution in [2.75, 3.05) is 11.9 Å². The number of hydrogen-bond donors (Lipinski definition) is 2. The number of fused-ring (bicyclic) bond motifs is 1. The van der Waals surface area contributed by atoms with Gasteiger partial charge in [0.1, 0.15) is 0 Å². The van der Waals surface area contributed by atoms with Crippen LogP contribution in [0, 0.1) is 6.92 Å². The highest BCUT2D eigenvalue weighted by molar-refractivity contribution is 5.93. The van der Waals surface area contributed by atoms with Crippen LogP contribution < -0.4 is 5.32 Å². The lowest BCUT2D eigenvalue weighted by Gasteiger charge is -2.30. The SMILES string of the molecule is Cc1cccc2c1NC(=O)N(CCCCC(C)O)C2. The van der Waals surface area contributed by atoms with Gasteiger partial charge in [-0.1, -0.05) is 18.2 Å². The average molecular weight is 262 g/mol. The van der Waals surface area contributed by atoms with Crippen LogP contribution in [-0.4, -0.2) is 28.7 Å². The number of hydrogen-bond acceptors (Lipinski definition) is 2. The summed E-state index contributed by atoms with van der Waals surface area (Å²) in [7, 11) is 0. The second kappa shape index (κ2) is 6.06. The number of aryl methyl sites for hydroxylation is 1. The average Bonchev–Trinajstić information content (AvgIpc) is 2.36. The zero-order chi connectivity index (χ0) is 13.8. The highest BCUT2D eigenvalue weighted by Crippen LogP contribution is 2.26. The number of urea groups is 1. The van der Waals surface area contributed by atoms with E-state index in [-0.39, 0.29) is 12.1 Å². The van der Waals surface area contributed by atoms with Gasteiger partial charge in [-0.25, -0.2) is 4.79 Å². The molecule has 1 aliphatic heterocycles. The van der Waals surface area contributed by atoms with Crippen molar-refractivity contribution in [3.05, 3.63) is 29.3 Å². The second-order valence-electron chi connectivity index (χ2n) is 5.31. The molecule has 2 rings (SSSR count). The molecule has 4 heteroatoms. The van der Waals surface area contributed by atoms with Gasteiger partial charge in [0, 0.05) is 13.1 Å². The van der Waals surface area contributed by atoms with Crippen molar-refractivity contribution in [3.8, 4) is 0 Å². The predicted octanol–water partition coefficient (Wildman–Crippen LogP) is 2.89. The van der Waals surface area contributed by atoms with E-state index in [0.29, 0.717) is 6.54 Å². The van der Waals surface area contributed by atoms with Crippen molar-refractivity contribution in [2.24, 2.45) is 0 Å². The van der Waals surface area contributed by atoms with E-state index in [1.54, 1.807) is 6.92 Å². The number of benzene rings is 1. The number of carbonyl (C=O) groups is 1. The fraction of sp³-hybridized carbons (Fsp3) is 0.533. The van der Waals surface area contributed by atoms with E-state index in [0.717, 1.165) is 37.1 Å². The summed E-state index contributed by atoms with van der Waals surface area (Å²) >= 11 is 0. The van der Waals surface area contributed by atoms with E-state index in [9.17, 15) is 9.90 Å². The third kappa shape index (κ3) is 3.47. The standard InChI is InChI=1S/C15H22N2O2/c1-11-6-5-8-13-10-17(15(19)16-14(11)13)9-4-3-7-12(2)18/h5-6,8,12,18H,3-4,7,9-10H2,1-2H3,(H,16,19). The summed E-state index contributed by atoms with van der Waals surface area (Å²) in [4.78, 5) is 13.8. The summed E-state index contributed by atoms with van der Waals surface area (Å²) in [6.07, 6.45) is 2.42. The first-order valence-electron chi connectivity index (χ1n) is 6.90. The molecule has 1 aromatic carbocycles. The van der Waals surface area contributed by atoms with Gasteiger partial charge in [-0.2, -0.15) is 0 Å². The molecular formula is C15H22N2O2. The molecule has 0 aliphatic carbocycles. The molecule has 1 heterocycles. The third-order valence-corrected chi connectivity index (χ3v) is 3.54. The smallest absolute Gasteiger partial charge is 0.322 e. The number of unbranched alkanes of at least 4 members (excludes halogenated alkanes) is 1. The molecule has 19 heavy (non-hydrogen) atoms. The van der Waals surface area contributed by atoms with Crippen LogP contribution >= 0.6 is 0 Å². The second-order valence-corrected chi connectivity index (χ2v) is 5.31. The summed E-state index contributed by atoms with van der Waals surface area (Å²) in [6.45, 7) is 5.23. The van der Waals surface area contributed by atoms with E-state index in [2.05, 4.69) is 11.4 Å². The van der Waals surface area contributed by atoms with E-state index in [4.69, 9.17) is 0 Å². The highest BCUT2D eigenvalue weighted by atomic mass is 16.3. The molecule has 2 amide bonds. The van der Waals surface area contributed by atoms with Crippen molar-refractivity contribution < 1.29 is 9.90 Å². The van der Waals surface area contributed by atoms with Gasteiger partial charge in [-0.15, -0.1) is 0 Å². The van der Waals surface area contributed by atoms with Gasteiger partial charge in [-0.3, -0.25) is 0 Å². The zero-order valence-corrected chi connectivity index (χ0v) is 11.6. The number of nitrogens with one attached hydrogen (secondary N) is 1. The van der Waals surface area contributed by atoms with Crippen LogP contribution in [0.4, 0.5) is 10.5 Å². The Morgan fingerprint density at radius 3 is 2.95 bits per heavy atom. The van der Waals surface area contributed by atoms with Crippen LogP contribution in [0.1, 0.15) is 37.3 Å². The lowest BCUT2D eigenvalue weighted by molar-refractivity contribution is 0.176. The number of carbonyl (C=O) groups excluding carboxylic acids is 1. The van der Waals surface area contributed by atoms with Crippen molar-refractivity contribution in [2.45, 2.75) is 45.8 Å². The first kappa shape index (κ1) is 13.9. The van der Waals surface area contributed by atoms with Crippen LogP contribution in [0.2, 0.25) is 0 Å². The molecule has 0 saturated heterocycles. The number of nitrogens with zero attached hydrogens (tertiary/aromatic N) is 1. The molecule has 104 valence electrons. The molecule has 0 fully saturated rings. The van der Waals surface area contributed by atoms with Gasteiger partial charge >= 0.3 is 6.03 Å². The summed E-state index contributed by atoms with van der Waals surface area (Å²) in [5.41, 5.74) is 3.25. The highest BCUT2D eigenvalue weighted by Gasteiger charge is 2.22. The van der Waals surface area contributed by atoms with Gasteiger partial charge in [-0.05, 0) is 44.2 Å². The maximum Gasteiger partial charge on any atom is 0.322 e. The van der Waals surface area contributed by atoms with E-state index < -0.39 is 0 Å². The largest absolute Gasteiger partial charge is 0.393 e. The van der Waals surface area contributed by atoms with Gasteiger partial charge < -0.3 is 15.3 Å². The molecule has 0 bridgehead atoms. The Kier molecular flexibility index (Phi) is 4.43. The maximum absolute atomic E-state index is 12.0. The first-order valence-corrected chi connectivity index (χ1v) is 6.90. The minimum absolute atomic E-state index is 0.0150. The van der Waals surface area contributed by atoms with Crippen LogP contribution in [0.3, 0.4) is 0 Å². The Morgan fingerprint density at radius 1 is 1.42 bits per heavy atom. The summed E-state index contributed by atoms with van der Waals surface area (Å²) in [5.74, 6) is 0. The maximum atomic E-state index is 12.0. The topological polar surface area (TPSA) is 52.6 Å². The Hall–Kier alpha value is -1.55. The summed E-state index contributed by atoms with van der Waals surface area (Å²) in [6, 6.07) is 6.08. The van der Waals surface area contributed by atoms with Gasteiger partial charge in [0.25, 0.3) is 0 Å². The molecule has 0 saturated carbocycles. The normalized spacial score (nSPS) is 15.9. The number of amides is 2. The summed E-state index contributed by atoms with van der Waals surface area (Å²) < 4.78 is 0. The number of anilines is 1. The Labute approximate surface area is 114 Å². The molecule has 0 aromatic heterocycles. The predicted molar refractivity (Wildman–Crippen MR) is 76.1 cm³/mol. The molecule has 0 radical (unpaired) electrons. The van der Waals surface area contributed by atoms with Gasteiger partial charge in [0.2, 0.25) is 0 Å². The minimum Gasteiger partial charge on any atom is -0.393 e. The Bertz CT molecular complexity index is 457. The van der Waals surface area contributed by atoms with Crippen LogP contribution in [0.5, 0.6) is 0 Å². The fourth-order valence-electron chi connectivity index (χ4n) is 2.43. The molecule has 1 unspecified atom stereocenters. The quantitative estimate of drug-likeness (QED) is 0.802.